The number of sulfone groups is 1. The summed E-state index contributed by atoms with van der Waals surface area (Å²) in [5, 5.41) is 3.37. The van der Waals surface area contributed by atoms with Gasteiger partial charge in [-0.3, -0.25) is 4.90 Å². The fraction of sp³-hybridized carbons (Fsp3) is 0.478. The summed E-state index contributed by atoms with van der Waals surface area (Å²) in [6, 6.07) is 16.9. The summed E-state index contributed by atoms with van der Waals surface area (Å²) in [6.45, 7) is 7.92. The van der Waals surface area contributed by atoms with Crippen LogP contribution in [0.1, 0.15) is 13.3 Å². The van der Waals surface area contributed by atoms with Crippen LogP contribution in [0.4, 0.5) is 5.69 Å². The molecule has 1 heterocycles. The van der Waals surface area contributed by atoms with Crippen LogP contribution < -0.4 is 15.0 Å². The smallest absolute Gasteiger partial charge is 0.179 e. The van der Waals surface area contributed by atoms with E-state index in [0.717, 1.165) is 51.4 Å². The normalized spacial score (nSPS) is 16.4. The molecule has 1 N–H and O–H groups in total. The van der Waals surface area contributed by atoms with Gasteiger partial charge in [0.15, 0.2) is 9.84 Å². The molecule has 0 aliphatic carbocycles. The molecule has 2 aromatic carbocycles. The molecule has 3 rings (SSSR count). The zero-order valence-corrected chi connectivity index (χ0v) is 18.8. The van der Waals surface area contributed by atoms with Gasteiger partial charge in [0.25, 0.3) is 0 Å². The zero-order chi connectivity index (χ0) is 21.4. The van der Waals surface area contributed by atoms with Crippen LogP contribution in [0.25, 0.3) is 0 Å². The number of rotatable bonds is 10. The Bertz CT molecular complexity index is 864. The summed E-state index contributed by atoms with van der Waals surface area (Å²) in [6.07, 6.45) is 1.01. The van der Waals surface area contributed by atoms with Crippen LogP contribution in [0.5, 0.6) is 5.75 Å². The highest BCUT2D eigenvalue weighted by atomic mass is 32.2. The summed E-state index contributed by atoms with van der Waals surface area (Å²) < 4.78 is 30.1. The largest absolute Gasteiger partial charge is 0.497 e. The molecule has 0 saturated carbocycles. The third-order valence-electron chi connectivity index (χ3n) is 5.53. The number of methoxy groups -OCH3 is 1. The van der Waals surface area contributed by atoms with Gasteiger partial charge in [-0.25, -0.2) is 8.42 Å². The van der Waals surface area contributed by atoms with Crippen LogP contribution in [0.3, 0.4) is 0 Å². The van der Waals surface area contributed by atoms with Crippen LogP contribution >= 0.6 is 0 Å². The SMILES string of the molecule is COc1ccc(N2CCN(CCCNC(C)CS(=O)(=O)c3ccccc3)CC2)cc1. The van der Waals surface area contributed by atoms with Gasteiger partial charge >= 0.3 is 0 Å². The van der Waals surface area contributed by atoms with Gasteiger partial charge in [0.1, 0.15) is 5.75 Å². The summed E-state index contributed by atoms with van der Waals surface area (Å²) in [7, 11) is -1.55. The Morgan fingerprint density at radius 3 is 2.30 bits per heavy atom. The van der Waals surface area contributed by atoms with E-state index < -0.39 is 9.84 Å². The standard InChI is InChI=1S/C23H33N3O3S/c1-20(19-30(27,28)23-7-4-3-5-8-23)24-13-6-14-25-15-17-26(18-16-25)21-9-11-22(29-2)12-10-21/h3-5,7-12,20,24H,6,13-19H2,1-2H3. The Kier molecular flexibility index (Phi) is 8.13. The lowest BCUT2D eigenvalue weighted by Crippen LogP contribution is -2.47. The highest BCUT2D eigenvalue weighted by Crippen LogP contribution is 2.20. The Morgan fingerprint density at radius 1 is 1.00 bits per heavy atom. The maximum absolute atomic E-state index is 12.4. The number of nitrogens with one attached hydrogen (secondary N) is 1. The Hall–Kier alpha value is -2.09. The van der Waals surface area contributed by atoms with Gasteiger partial charge in [-0.1, -0.05) is 18.2 Å². The molecular weight excluding hydrogens is 398 g/mol. The number of benzene rings is 2. The molecule has 30 heavy (non-hydrogen) atoms. The molecule has 0 radical (unpaired) electrons. The third kappa shape index (κ3) is 6.45. The van der Waals surface area contributed by atoms with Crippen molar-refractivity contribution >= 4 is 15.5 Å². The minimum Gasteiger partial charge on any atom is -0.497 e. The summed E-state index contributed by atoms with van der Waals surface area (Å²) in [5.41, 5.74) is 1.24. The third-order valence-corrected chi connectivity index (χ3v) is 7.45. The van der Waals surface area contributed by atoms with Crippen LogP contribution in [0, 0.1) is 0 Å². The molecule has 6 nitrogen and oxygen atoms in total. The van der Waals surface area contributed by atoms with Crippen LogP contribution in [0.2, 0.25) is 0 Å². The molecule has 1 saturated heterocycles. The van der Waals surface area contributed by atoms with E-state index in [1.807, 2.05) is 25.1 Å². The molecule has 1 unspecified atom stereocenters. The topological polar surface area (TPSA) is 61.9 Å². The van der Waals surface area contributed by atoms with Crippen LogP contribution in [-0.2, 0) is 9.84 Å². The molecule has 164 valence electrons. The number of nitrogens with zero attached hydrogens (tertiary/aromatic N) is 2. The van der Waals surface area contributed by atoms with Crippen molar-refractivity contribution in [2.75, 3.05) is 57.0 Å². The van der Waals surface area contributed by atoms with Crippen LogP contribution in [0.15, 0.2) is 59.5 Å². The number of anilines is 1. The van der Waals surface area contributed by atoms with Gasteiger partial charge in [-0.15, -0.1) is 0 Å². The molecule has 1 aliphatic rings. The second kappa shape index (κ2) is 10.8. The van der Waals surface area contributed by atoms with Crippen molar-refractivity contribution in [1.82, 2.24) is 10.2 Å². The monoisotopic (exact) mass is 431 g/mol. The Balaban J connectivity index is 1.33. The lowest BCUT2D eigenvalue weighted by molar-refractivity contribution is 0.253. The molecule has 0 aromatic heterocycles. The molecular formula is C23H33N3O3S. The minimum absolute atomic E-state index is 0.0675. The van der Waals surface area contributed by atoms with E-state index in [-0.39, 0.29) is 11.8 Å². The molecule has 1 atom stereocenters. The molecule has 1 fully saturated rings. The number of piperazine rings is 1. The van der Waals surface area contributed by atoms with E-state index in [9.17, 15) is 8.42 Å². The predicted octanol–water partition coefficient (Wildman–Crippen LogP) is 2.66. The minimum atomic E-state index is -3.24. The number of hydrogen-bond donors (Lipinski definition) is 1. The van der Waals surface area contributed by atoms with Crippen molar-refractivity contribution in [3.05, 3.63) is 54.6 Å². The van der Waals surface area contributed by atoms with E-state index >= 15 is 0 Å². The maximum atomic E-state index is 12.4. The van der Waals surface area contributed by atoms with Crippen molar-refractivity contribution in [1.29, 1.82) is 0 Å². The van der Waals surface area contributed by atoms with Crippen molar-refractivity contribution in [3.63, 3.8) is 0 Å². The summed E-state index contributed by atoms with van der Waals surface area (Å²) in [5.74, 6) is 1.01. The maximum Gasteiger partial charge on any atom is 0.179 e. The molecule has 1 aliphatic heterocycles. The van der Waals surface area contributed by atoms with E-state index in [1.165, 1.54) is 5.69 Å². The van der Waals surface area contributed by atoms with Gasteiger partial charge < -0.3 is 15.0 Å². The molecule has 0 amide bonds. The highest BCUT2D eigenvalue weighted by Gasteiger charge is 2.19. The lowest BCUT2D eigenvalue weighted by atomic mass is 10.2. The molecule has 2 aromatic rings. The van der Waals surface area contributed by atoms with Gasteiger partial charge in [-0.2, -0.15) is 0 Å². The van der Waals surface area contributed by atoms with Crippen molar-refractivity contribution in [2.24, 2.45) is 0 Å². The number of hydrogen-bond acceptors (Lipinski definition) is 6. The highest BCUT2D eigenvalue weighted by molar-refractivity contribution is 7.91. The van der Waals surface area contributed by atoms with E-state index in [2.05, 4.69) is 27.2 Å². The average molecular weight is 432 g/mol. The first-order valence-electron chi connectivity index (χ1n) is 10.6. The lowest BCUT2D eigenvalue weighted by Gasteiger charge is -2.36. The first-order valence-corrected chi connectivity index (χ1v) is 12.3. The zero-order valence-electron chi connectivity index (χ0n) is 18.0. The van der Waals surface area contributed by atoms with E-state index in [1.54, 1.807) is 31.4 Å². The van der Waals surface area contributed by atoms with Gasteiger partial charge in [0, 0.05) is 37.9 Å². The van der Waals surface area contributed by atoms with Crippen molar-refractivity contribution in [2.45, 2.75) is 24.3 Å². The van der Waals surface area contributed by atoms with Gasteiger partial charge in [-0.05, 0) is 62.8 Å². The second-order valence-corrected chi connectivity index (χ2v) is 9.86. The van der Waals surface area contributed by atoms with Crippen molar-refractivity contribution in [3.8, 4) is 5.75 Å². The van der Waals surface area contributed by atoms with Crippen molar-refractivity contribution < 1.29 is 13.2 Å². The second-order valence-electron chi connectivity index (χ2n) is 7.83. The Morgan fingerprint density at radius 2 is 1.67 bits per heavy atom. The molecule has 7 heteroatoms. The average Bonchev–Trinajstić information content (AvgIpc) is 2.77. The first-order chi connectivity index (χ1) is 14.5. The van der Waals surface area contributed by atoms with Gasteiger partial charge in [0.2, 0.25) is 0 Å². The van der Waals surface area contributed by atoms with Gasteiger partial charge in [0.05, 0.1) is 17.8 Å². The molecule has 0 spiro atoms. The first kappa shape index (κ1) is 22.6. The van der Waals surface area contributed by atoms with E-state index in [0.29, 0.717) is 4.90 Å². The summed E-state index contributed by atoms with van der Waals surface area (Å²) >= 11 is 0. The molecule has 0 bridgehead atoms. The quantitative estimate of drug-likeness (QED) is 0.584. The Labute approximate surface area is 180 Å². The fourth-order valence-corrected chi connectivity index (χ4v) is 5.33. The number of ether oxygens (including phenoxy) is 1. The van der Waals surface area contributed by atoms with Crippen LogP contribution in [-0.4, -0.2) is 71.5 Å². The fourth-order valence-electron chi connectivity index (χ4n) is 3.79. The summed E-state index contributed by atoms with van der Waals surface area (Å²) in [4.78, 5) is 5.28. The predicted molar refractivity (Wildman–Crippen MR) is 122 cm³/mol. The van der Waals surface area contributed by atoms with E-state index in [4.69, 9.17) is 4.74 Å².